The van der Waals surface area contributed by atoms with E-state index < -0.39 is 0 Å². The number of phenolic OH excluding ortho intramolecular Hbond substituents is 1. The molecule has 0 fully saturated rings. The van der Waals surface area contributed by atoms with Gasteiger partial charge in [0.05, 0.1) is 6.04 Å². The van der Waals surface area contributed by atoms with Crippen LogP contribution in [0.3, 0.4) is 0 Å². The molecular formula is C18H21NO. The first kappa shape index (κ1) is 13.0. The van der Waals surface area contributed by atoms with E-state index in [1.807, 2.05) is 6.07 Å². The second kappa shape index (κ2) is 5.20. The summed E-state index contributed by atoms with van der Waals surface area (Å²) in [5.74, 6) is 0.371. The van der Waals surface area contributed by atoms with Crippen LogP contribution < -0.4 is 5.32 Å². The Hall–Kier alpha value is -1.96. The van der Waals surface area contributed by atoms with Gasteiger partial charge in [-0.2, -0.15) is 0 Å². The largest absolute Gasteiger partial charge is 0.508 e. The molecule has 20 heavy (non-hydrogen) atoms. The van der Waals surface area contributed by atoms with Crippen molar-refractivity contribution < 1.29 is 5.11 Å². The molecule has 0 radical (unpaired) electrons. The lowest BCUT2D eigenvalue weighted by Crippen LogP contribution is -2.17. The van der Waals surface area contributed by atoms with Crippen molar-refractivity contribution in [3.63, 3.8) is 0 Å². The van der Waals surface area contributed by atoms with Gasteiger partial charge in [0.25, 0.3) is 0 Å². The average molecular weight is 267 g/mol. The fourth-order valence-electron chi connectivity index (χ4n) is 3.11. The van der Waals surface area contributed by atoms with Gasteiger partial charge in [0.15, 0.2) is 0 Å². The third-order valence-corrected chi connectivity index (χ3v) is 4.15. The molecule has 0 amide bonds. The molecule has 0 bridgehead atoms. The van der Waals surface area contributed by atoms with Crippen molar-refractivity contribution in [1.29, 1.82) is 0 Å². The lowest BCUT2D eigenvalue weighted by Gasteiger charge is -2.28. The molecule has 2 heteroatoms. The number of phenols is 1. The Morgan fingerprint density at radius 1 is 1.10 bits per heavy atom. The van der Waals surface area contributed by atoms with E-state index in [0.29, 0.717) is 11.8 Å². The highest BCUT2D eigenvalue weighted by atomic mass is 16.3. The van der Waals surface area contributed by atoms with E-state index in [-0.39, 0.29) is 0 Å². The highest BCUT2D eigenvalue weighted by Crippen LogP contribution is 2.34. The Kier molecular flexibility index (Phi) is 3.39. The third kappa shape index (κ3) is 2.51. The van der Waals surface area contributed by atoms with Crippen LogP contribution >= 0.6 is 0 Å². The zero-order chi connectivity index (χ0) is 14.1. The average Bonchev–Trinajstić information content (AvgIpc) is 2.41. The second-order valence-corrected chi connectivity index (χ2v) is 5.79. The smallest absolute Gasteiger partial charge is 0.115 e. The highest BCUT2D eigenvalue weighted by molar-refractivity contribution is 5.54. The summed E-state index contributed by atoms with van der Waals surface area (Å²) in [7, 11) is 0. The first-order valence-electron chi connectivity index (χ1n) is 7.29. The van der Waals surface area contributed by atoms with Gasteiger partial charge in [-0.25, -0.2) is 0 Å². The molecule has 1 atom stereocenters. The summed E-state index contributed by atoms with van der Waals surface area (Å²) in [6.45, 7) is 4.27. The molecule has 0 saturated heterocycles. The normalized spacial score (nSPS) is 17.6. The Balaban J connectivity index is 1.89. The summed E-state index contributed by atoms with van der Waals surface area (Å²) in [5, 5.41) is 13.3. The molecule has 1 unspecified atom stereocenters. The molecule has 104 valence electrons. The van der Waals surface area contributed by atoms with Crippen molar-refractivity contribution in [2.24, 2.45) is 0 Å². The molecule has 0 heterocycles. The van der Waals surface area contributed by atoms with E-state index in [1.165, 1.54) is 34.4 Å². The number of hydrogen-bond acceptors (Lipinski definition) is 2. The maximum Gasteiger partial charge on any atom is 0.115 e. The van der Waals surface area contributed by atoms with Gasteiger partial charge in [-0.05, 0) is 68.0 Å². The van der Waals surface area contributed by atoms with Crippen LogP contribution in [0.15, 0.2) is 36.4 Å². The monoisotopic (exact) mass is 267 g/mol. The summed E-state index contributed by atoms with van der Waals surface area (Å²) in [5.41, 5.74) is 6.40. The number of fused-ring (bicyclic) bond motifs is 1. The van der Waals surface area contributed by atoms with E-state index in [1.54, 1.807) is 6.07 Å². The molecule has 0 spiro atoms. The fraction of sp³-hybridized carbons (Fsp3) is 0.333. The summed E-state index contributed by atoms with van der Waals surface area (Å²) < 4.78 is 0. The molecule has 0 saturated carbocycles. The minimum absolute atomic E-state index is 0.348. The van der Waals surface area contributed by atoms with Crippen LogP contribution in [-0.2, 0) is 6.42 Å². The van der Waals surface area contributed by atoms with Gasteiger partial charge < -0.3 is 10.4 Å². The second-order valence-electron chi connectivity index (χ2n) is 5.79. The fourth-order valence-corrected chi connectivity index (χ4v) is 3.11. The van der Waals surface area contributed by atoms with E-state index in [4.69, 9.17) is 0 Å². The van der Waals surface area contributed by atoms with Gasteiger partial charge in [-0.1, -0.05) is 23.8 Å². The van der Waals surface area contributed by atoms with Gasteiger partial charge in [0, 0.05) is 5.69 Å². The molecular weight excluding hydrogens is 246 g/mol. The molecule has 1 aliphatic rings. The number of aromatic hydroxyl groups is 1. The third-order valence-electron chi connectivity index (χ3n) is 4.15. The van der Waals surface area contributed by atoms with Crippen LogP contribution in [0.5, 0.6) is 5.75 Å². The van der Waals surface area contributed by atoms with Gasteiger partial charge in [-0.15, -0.1) is 0 Å². The van der Waals surface area contributed by atoms with Crippen LogP contribution in [0.1, 0.15) is 41.1 Å². The van der Waals surface area contributed by atoms with Gasteiger partial charge in [0.1, 0.15) is 5.75 Å². The van der Waals surface area contributed by atoms with E-state index in [0.717, 1.165) is 12.8 Å². The molecule has 2 aromatic carbocycles. The molecule has 1 aliphatic carbocycles. The standard InChI is InChI=1S/C18H21NO/c1-12-6-9-17(13(2)10-12)19-18-5-3-4-14-11-15(20)7-8-16(14)18/h6-11,18-20H,3-5H2,1-2H3. The molecule has 3 rings (SSSR count). The van der Waals surface area contributed by atoms with Crippen molar-refractivity contribution >= 4 is 5.69 Å². The first-order valence-corrected chi connectivity index (χ1v) is 7.29. The Labute approximate surface area is 120 Å². The van der Waals surface area contributed by atoms with Gasteiger partial charge >= 0.3 is 0 Å². The van der Waals surface area contributed by atoms with E-state index in [9.17, 15) is 5.11 Å². The summed E-state index contributed by atoms with van der Waals surface area (Å²) in [4.78, 5) is 0. The van der Waals surface area contributed by atoms with Crippen molar-refractivity contribution in [2.75, 3.05) is 5.32 Å². The number of anilines is 1. The molecule has 0 aromatic heterocycles. The predicted molar refractivity (Wildman–Crippen MR) is 83.3 cm³/mol. The number of hydrogen-bond donors (Lipinski definition) is 2. The number of aryl methyl sites for hydroxylation is 3. The number of rotatable bonds is 2. The minimum atomic E-state index is 0.348. The molecule has 2 nitrogen and oxygen atoms in total. The molecule has 2 aromatic rings. The van der Waals surface area contributed by atoms with Crippen molar-refractivity contribution in [3.8, 4) is 5.75 Å². The maximum absolute atomic E-state index is 9.62. The minimum Gasteiger partial charge on any atom is -0.508 e. The Morgan fingerprint density at radius 2 is 1.95 bits per heavy atom. The molecule has 2 N–H and O–H groups in total. The Bertz CT molecular complexity index is 633. The maximum atomic E-state index is 9.62. The number of benzene rings is 2. The predicted octanol–water partition coefficient (Wildman–Crippen LogP) is 4.50. The summed E-state index contributed by atoms with van der Waals surface area (Å²) >= 11 is 0. The van der Waals surface area contributed by atoms with E-state index in [2.05, 4.69) is 43.4 Å². The highest BCUT2D eigenvalue weighted by Gasteiger charge is 2.20. The zero-order valence-electron chi connectivity index (χ0n) is 12.1. The van der Waals surface area contributed by atoms with Crippen molar-refractivity contribution in [3.05, 3.63) is 58.7 Å². The lowest BCUT2D eigenvalue weighted by atomic mass is 9.87. The van der Waals surface area contributed by atoms with Gasteiger partial charge in [0.2, 0.25) is 0 Å². The SMILES string of the molecule is Cc1ccc(NC2CCCc3cc(O)ccc32)c(C)c1. The summed E-state index contributed by atoms with van der Waals surface area (Å²) in [6.07, 6.45) is 3.37. The van der Waals surface area contributed by atoms with Crippen molar-refractivity contribution in [2.45, 2.75) is 39.2 Å². The topological polar surface area (TPSA) is 32.3 Å². The quantitative estimate of drug-likeness (QED) is 0.839. The first-order chi connectivity index (χ1) is 9.63. The zero-order valence-corrected chi connectivity index (χ0v) is 12.1. The van der Waals surface area contributed by atoms with E-state index >= 15 is 0 Å². The summed E-state index contributed by atoms with van der Waals surface area (Å²) in [6, 6.07) is 12.6. The van der Waals surface area contributed by atoms with Crippen LogP contribution in [0.2, 0.25) is 0 Å². The van der Waals surface area contributed by atoms with Crippen molar-refractivity contribution in [1.82, 2.24) is 0 Å². The lowest BCUT2D eigenvalue weighted by molar-refractivity contribution is 0.472. The van der Waals surface area contributed by atoms with Crippen LogP contribution in [0, 0.1) is 13.8 Å². The van der Waals surface area contributed by atoms with Crippen LogP contribution in [-0.4, -0.2) is 5.11 Å². The van der Waals surface area contributed by atoms with Crippen LogP contribution in [0.25, 0.3) is 0 Å². The van der Waals surface area contributed by atoms with Gasteiger partial charge in [-0.3, -0.25) is 0 Å². The molecule has 0 aliphatic heterocycles. The van der Waals surface area contributed by atoms with Crippen LogP contribution in [0.4, 0.5) is 5.69 Å². The Morgan fingerprint density at radius 3 is 2.75 bits per heavy atom. The number of nitrogens with one attached hydrogen (secondary N) is 1.